The van der Waals surface area contributed by atoms with Gasteiger partial charge in [0.1, 0.15) is 0 Å². The van der Waals surface area contributed by atoms with Crippen LogP contribution in [0.3, 0.4) is 0 Å². The average molecular weight is 283 g/mol. The Morgan fingerprint density at radius 1 is 1.20 bits per heavy atom. The summed E-state index contributed by atoms with van der Waals surface area (Å²) in [4.78, 5) is 19.6. The Labute approximate surface area is 120 Å². The number of aromatic nitrogens is 3. The molecule has 1 N–H and O–H groups in total. The lowest BCUT2D eigenvalue weighted by Gasteiger charge is -2.05. The van der Waals surface area contributed by atoms with Gasteiger partial charge in [-0.15, -0.1) is 0 Å². The number of aromatic amines is 1. The van der Waals surface area contributed by atoms with Crippen molar-refractivity contribution in [1.82, 2.24) is 14.5 Å². The summed E-state index contributed by atoms with van der Waals surface area (Å²) in [7, 11) is 1.97. The summed E-state index contributed by atoms with van der Waals surface area (Å²) in [6, 6.07) is 13.2. The van der Waals surface area contributed by atoms with E-state index in [1.807, 2.05) is 48.1 Å². The highest BCUT2D eigenvalue weighted by atomic mass is 32.2. The monoisotopic (exact) mass is 283 g/mol. The van der Waals surface area contributed by atoms with E-state index in [1.54, 1.807) is 24.0 Å². The van der Waals surface area contributed by atoms with Gasteiger partial charge >= 0.3 is 0 Å². The van der Waals surface area contributed by atoms with E-state index in [-0.39, 0.29) is 5.56 Å². The van der Waals surface area contributed by atoms with E-state index in [2.05, 4.69) is 9.97 Å². The molecule has 100 valence electrons. The zero-order chi connectivity index (χ0) is 13.9. The summed E-state index contributed by atoms with van der Waals surface area (Å²) in [6.07, 6.45) is 3.70. The molecule has 3 aromatic rings. The Kier molecular flexibility index (Phi) is 3.43. The largest absolute Gasteiger partial charge is 0.329 e. The molecule has 0 spiro atoms. The lowest BCUT2D eigenvalue weighted by Crippen LogP contribution is -2.03. The fourth-order valence-electron chi connectivity index (χ4n) is 1.90. The standard InChI is InChI=1S/C15H13N3OS/c1-18-9-8-16-15(18)20-12-5-2-4-11(10-12)13-6-3-7-14(19)17-13/h2-10H,1H3,(H,17,19). The lowest BCUT2D eigenvalue weighted by molar-refractivity contribution is 0.790. The Hall–Kier alpha value is -2.27. The van der Waals surface area contributed by atoms with Crippen LogP contribution in [-0.4, -0.2) is 14.5 Å². The molecule has 1 aromatic carbocycles. The van der Waals surface area contributed by atoms with Gasteiger partial charge in [0, 0.05) is 36.1 Å². The van der Waals surface area contributed by atoms with Gasteiger partial charge < -0.3 is 9.55 Å². The third kappa shape index (κ3) is 2.67. The second kappa shape index (κ2) is 5.38. The topological polar surface area (TPSA) is 50.7 Å². The molecule has 0 amide bonds. The predicted octanol–water partition coefficient (Wildman–Crippen LogP) is 2.93. The van der Waals surface area contributed by atoms with Crippen LogP contribution in [0, 0.1) is 0 Å². The van der Waals surface area contributed by atoms with Crippen molar-refractivity contribution in [3.05, 3.63) is 65.2 Å². The zero-order valence-corrected chi connectivity index (χ0v) is 11.7. The summed E-state index contributed by atoms with van der Waals surface area (Å²) >= 11 is 1.59. The minimum Gasteiger partial charge on any atom is -0.329 e. The summed E-state index contributed by atoms with van der Waals surface area (Å²) in [5, 5.41) is 0.934. The van der Waals surface area contributed by atoms with Crippen LogP contribution >= 0.6 is 11.8 Å². The van der Waals surface area contributed by atoms with E-state index in [4.69, 9.17) is 0 Å². The molecule has 5 heteroatoms. The van der Waals surface area contributed by atoms with Gasteiger partial charge in [-0.05, 0) is 23.8 Å². The Morgan fingerprint density at radius 2 is 2.05 bits per heavy atom. The van der Waals surface area contributed by atoms with Crippen LogP contribution in [0.25, 0.3) is 11.3 Å². The number of benzene rings is 1. The second-order valence-electron chi connectivity index (χ2n) is 4.38. The van der Waals surface area contributed by atoms with Crippen LogP contribution in [0.4, 0.5) is 0 Å². The van der Waals surface area contributed by atoms with Crippen molar-refractivity contribution in [2.75, 3.05) is 0 Å². The van der Waals surface area contributed by atoms with E-state index in [9.17, 15) is 4.79 Å². The number of nitrogens with one attached hydrogen (secondary N) is 1. The van der Waals surface area contributed by atoms with Gasteiger partial charge in [0.15, 0.2) is 5.16 Å². The van der Waals surface area contributed by atoms with Crippen LogP contribution < -0.4 is 5.56 Å². The Balaban J connectivity index is 1.94. The molecule has 20 heavy (non-hydrogen) atoms. The fraction of sp³-hybridized carbons (Fsp3) is 0.0667. The summed E-state index contributed by atoms with van der Waals surface area (Å²) in [6.45, 7) is 0. The van der Waals surface area contributed by atoms with Gasteiger partial charge in [0.25, 0.3) is 0 Å². The smallest absolute Gasteiger partial charge is 0.248 e. The number of aryl methyl sites for hydroxylation is 1. The minimum absolute atomic E-state index is 0.0929. The summed E-state index contributed by atoms with van der Waals surface area (Å²) in [5.41, 5.74) is 1.71. The van der Waals surface area contributed by atoms with Crippen molar-refractivity contribution in [3.63, 3.8) is 0 Å². The van der Waals surface area contributed by atoms with Gasteiger partial charge in [-0.3, -0.25) is 4.79 Å². The van der Waals surface area contributed by atoms with Crippen LogP contribution in [0.5, 0.6) is 0 Å². The van der Waals surface area contributed by atoms with Crippen LogP contribution in [0.1, 0.15) is 0 Å². The quantitative estimate of drug-likeness (QED) is 0.804. The zero-order valence-electron chi connectivity index (χ0n) is 10.9. The number of hydrogen-bond acceptors (Lipinski definition) is 3. The van der Waals surface area contributed by atoms with Gasteiger partial charge in [-0.25, -0.2) is 4.98 Å². The summed E-state index contributed by atoms with van der Waals surface area (Å²) < 4.78 is 1.97. The van der Waals surface area contributed by atoms with Crippen molar-refractivity contribution < 1.29 is 0 Å². The normalized spacial score (nSPS) is 10.7. The van der Waals surface area contributed by atoms with E-state index >= 15 is 0 Å². The Morgan fingerprint density at radius 3 is 2.80 bits per heavy atom. The SMILES string of the molecule is Cn1ccnc1Sc1cccc(-c2cccc(=O)[nH]2)c1. The minimum atomic E-state index is -0.0929. The highest BCUT2D eigenvalue weighted by molar-refractivity contribution is 7.99. The number of nitrogens with zero attached hydrogens (tertiary/aromatic N) is 2. The molecule has 0 aliphatic carbocycles. The third-order valence-electron chi connectivity index (χ3n) is 2.90. The van der Waals surface area contributed by atoms with E-state index < -0.39 is 0 Å². The molecular formula is C15H13N3OS. The number of rotatable bonds is 3. The maximum absolute atomic E-state index is 11.4. The van der Waals surface area contributed by atoms with Crippen LogP contribution in [0.15, 0.2) is 69.7 Å². The number of pyridine rings is 1. The van der Waals surface area contributed by atoms with Gasteiger partial charge in [0.05, 0.1) is 0 Å². The first-order chi connectivity index (χ1) is 9.72. The highest BCUT2D eigenvalue weighted by Crippen LogP contribution is 2.28. The van der Waals surface area contributed by atoms with E-state index in [0.29, 0.717) is 0 Å². The first-order valence-electron chi connectivity index (χ1n) is 6.17. The highest BCUT2D eigenvalue weighted by Gasteiger charge is 2.04. The molecule has 0 bridgehead atoms. The van der Waals surface area contributed by atoms with E-state index in [0.717, 1.165) is 21.3 Å². The Bertz CT molecular complexity index is 791. The van der Waals surface area contributed by atoms with Gasteiger partial charge in [0.2, 0.25) is 5.56 Å². The van der Waals surface area contributed by atoms with Crippen molar-refractivity contribution in [3.8, 4) is 11.3 Å². The maximum atomic E-state index is 11.4. The van der Waals surface area contributed by atoms with Crippen LogP contribution in [-0.2, 0) is 7.05 Å². The number of hydrogen-bond donors (Lipinski definition) is 1. The van der Waals surface area contributed by atoms with Gasteiger partial charge in [-0.1, -0.05) is 30.0 Å². The maximum Gasteiger partial charge on any atom is 0.248 e. The van der Waals surface area contributed by atoms with Crippen LogP contribution in [0.2, 0.25) is 0 Å². The molecule has 0 unspecified atom stereocenters. The van der Waals surface area contributed by atoms with Crippen molar-refractivity contribution in [2.24, 2.45) is 7.05 Å². The number of H-pyrrole nitrogens is 1. The molecule has 2 heterocycles. The molecule has 0 radical (unpaired) electrons. The molecular weight excluding hydrogens is 270 g/mol. The molecule has 0 saturated carbocycles. The van der Waals surface area contributed by atoms with Crippen molar-refractivity contribution in [1.29, 1.82) is 0 Å². The predicted molar refractivity (Wildman–Crippen MR) is 79.8 cm³/mol. The van der Waals surface area contributed by atoms with E-state index in [1.165, 1.54) is 6.07 Å². The third-order valence-corrected chi connectivity index (χ3v) is 3.97. The number of imidazole rings is 1. The molecule has 0 aliphatic heterocycles. The first kappa shape index (κ1) is 12.7. The second-order valence-corrected chi connectivity index (χ2v) is 5.42. The molecule has 2 aromatic heterocycles. The fourth-order valence-corrected chi connectivity index (χ4v) is 2.76. The summed E-state index contributed by atoms with van der Waals surface area (Å²) in [5.74, 6) is 0. The molecule has 3 rings (SSSR count). The molecule has 0 atom stereocenters. The van der Waals surface area contributed by atoms with Crippen molar-refractivity contribution >= 4 is 11.8 Å². The van der Waals surface area contributed by atoms with Gasteiger partial charge in [-0.2, -0.15) is 0 Å². The molecule has 0 aliphatic rings. The van der Waals surface area contributed by atoms with Crippen molar-refractivity contribution in [2.45, 2.75) is 10.1 Å². The average Bonchev–Trinajstić information content (AvgIpc) is 2.85. The molecule has 0 fully saturated rings. The first-order valence-corrected chi connectivity index (χ1v) is 6.99. The molecule has 0 saturated heterocycles. The lowest BCUT2D eigenvalue weighted by atomic mass is 10.1. The molecule has 4 nitrogen and oxygen atoms in total.